The standard InChI is InChI=1S/C12H23F3O4S/c13-12(14,15)10-8-6-4-2-1-3-5-7-9-11-19-20(16,17)18/h1-11H2,(H,16,17,18). The van der Waals surface area contributed by atoms with Gasteiger partial charge in [0.25, 0.3) is 0 Å². The summed E-state index contributed by atoms with van der Waals surface area (Å²) < 4.78 is 68.4. The quantitative estimate of drug-likeness (QED) is 0.431. The SMILES string of the molecule is O=S(=O)(O)OCCCCCCCCCCCC(F)(F)F. The minimum Gasteiger partial charge on any atom is -0.264 e. The highest BCUT2D eigenvalue weighted by atomic mass is 32.3. The molecule has 0 bridgehead atoms. The van der Waals surface area contributed by atoms with Gasteiger partial charge in [0.1, 0.15) is 0 Å². The summed E-state index contributed by atoms with van der Waals surface area (Å²) in [5.74, 6) is 0. The van der Waals surface area contributed by atoms with Gasteiger partial charge in [0.2, 0.25) is 0 Å². The molecule has 0 heterocycles. The summed E-state index contributed by atoms with van der Waals surface area (Å²) >= 11 is 0. The Morgan fingerprint density at radius 3 is 1.60 bits per heavy atom. The van der Waals surface area contributed by atoms with Crippen LogP contribution in [0.4, 0.5) is 13.2 Å². The van der Waals surface area contributed by atoms with Crippen molar-refractivity contribution in [2.75, 3.05) is 6.61 Å². The zero-order valence-electron chi connectivity index (χ0n) is 11.5. The molecule has 122 valence electrons. The van der Waals surface area contributed by atoms with Gasteiger partial charge in [-0.15, -0.1) is 0 Å². The Labute approximate surface area is 118 Å². The fraction of sp³-hybridized carbons (Fsp3) is 1.00. The highest BCUT2D eigenvalue weighted by molar-refractivity contribution is 7.80. The maximum Gasteiger partial charge on any atom is 0.397 e. The van der Waals surface area contributed by atoms with E-state index >= 15 is 0 Å². The molecule has 0 radical (unpaired) electrons. The van der Waals surface area contributed by atoms with Crippen LogP contribution in [0.15, 0.2) is 0 Å². The number of unbranched alkanes of at least 4 members (excludes halogenated alkanes) is 8. The summed E-state index contributed by atoms with van der Waals surface area (Å²) in [7, 11) is -4.32. The number of hydrogen-bond acceptors (Lipinski definition) is 3. The van der Waals surface area contributed by atoms with Gasteiger partial charge in [-0.25, -0.2) is 4.18 Å². The fourth-order valence-corrected chi connectivity index (χ4v) is 2.16. The van der Waals surface area contributed by atoms with Crippen LogP contribution in [0.5, 0.6) is 0 Å². The molecule has 0 rings (SSSR count). The summed E-state index contributed by atoms with van der Waals surface area (Å²) in [6.07, 6.45) is 2.09. The monoisotopic (exact) mass is 320 g/mol. The third-order valence-corrected chi connectivity index (χ3v) is 3.30. The molecule has 0 aromatic heterocycles. The van der Waals surface area contributed by atoms with Crippen LogP contribution in [0.3, 0.4) is 0 Å². The van der Waals surface area contributed by atoms with E-state index in [2.05, 4.69) is 4.18 Å². The van der Waals surface area contributed by atoms with Crippen molar-refractivity contribution in [2.45, 2.75) is 70.4 Å². The first-order valence-electron chi connectivity index (χ1n) is 6.89. The van der Waals surface area contributed by atoms with Crippen LogP contribution < -0.4 is 0 Å². The second-order valence-electron chi connectivity index (χ2n) is 4.80. The number of rotatable bonds is 12. The molecule has 0 aliphatic heterocycles. The van der Waals surface area contributed by atoms with Gasteiger partial charge in [-0.1, -0.05) is 44.9 Å². The van der Waals surface area contributed by atoms with Crippen LogP contribution in [0.1, 0.15) is 64.2 Å². The molecule has 0 unspecified atom stereocenters. The summed E-state index contributed by atoms with van der Waals surface area (Å²) in [5.41, 5.74) is 0. The van der Waals surface area contributed by atoms with Crippen LogP contribution in [0.2, 0.25) is 0 Å². The molecule has 4 nitrogen and oxygen atoms in total. The molecular weight excluding hydrogens is 297 g/mol. The molecule has 0 aromatic rings. The molecule has 0 aliphatic carbocycles. The zero-order chi connectivity index (χ0) is 15.5. The third kappa shape index (κ3) is 17.7. The second-order valence-corrected chi connectivity index (χ2v) is 5.89. The second kappa shape index (κ2) is 10.4. The van der Waals surface area contributed by atoms with Gasteiger partial charge in [-0.05, 0) is 12.8 Å². The molecule has 0 fully saturated rings. The largest absolute Gasteiger partial charge is 0.397 e. The van der Waals surface area contributed by atoms with Crippen LogP contribution in [-0.2, 0) is 14.6 Å². The maximum absolute atomic E-state index is 11.8. The van der Waals surface area contributed by atoms with Gasteiger partial charge in [-0.2, -0.15) is 21.6 Å². The van der Waals surface area contributed by atoms with E-state index in [-0.39, 0.29) is 13.0 Å². The van der Waals surface area contributed by atoms with Crippen molar-refractivity contribution < 1.29 is 30.3 Å². The van der Waals surface area contributed by atoms with Crippen molar-refractivity contribution in [1.29, 1.82) is 0 Å². The van der Waals surface area contributed by atoms with E-state index in [0.29, 0.717) is 12.8 Å². The molecule has 1 N–H and O–H groups in total. The number of halogens is 3. The van der Waals surface area contributed by atoms with Gasteiger partial charge in [-0.3, -0.25) is 4.55 Å². The maximum atomic E-state index is 11.8. The van der Waals surface area contributed by atoms with Gasteiger partial charge in [0.05, 0.1) is 6.61 Å². The van der Waals surface area contributed by atoms with Crippen LogP contribution in [-0.4, -0.2) is 25.8 Å². The molecule has 0 aliphatic rings. The lowest BCUT2D eigenvalue weighted by Gasteiger charge is -2.05. The highest BCUT2D eigenvalue weighted by Gasteiger charge is 2.25. The van der Waals surface area contributed by atoms with E-state index in [9.17, 15) is 21.6 Å². The first-order chi connectivity index (χ1) is 9.21. The highest BCUT2D eigenvalue weighted by Crippen LogP contribution is 2.23. The van der Waals surface area contributed by atoms with Crippen molar-refractivity contribution in [3.8, 4) is 0 Å². The van der Waals surface area contributed by atoms with Crippen molar-refractivity contribution in [1.82, 2.24) is 0 Å². The average Bonchev–Trinajstić information content (AvgIpc) is 2.27. The van der Waals surface area contributed by atoms with E-state index in [0.717, 1.165) is 38.5 Å². The van der Waals surface area contributed by atoms with E-state index in [1.165, 1.54) is 0 Å². The normalized spacial score (nSPS) is 12.8. The first-order valence-corrected chi connectivity index (χ1v) is 8.26. The van der Waals surface area contributed by atoms with Gasteiger partial charge < -0.3 is 0 Å². The Morgan fingerprint density at radius 1 is 0.800 bits per heavy atom. The molecule has 20 heavy (non-hydrogen) atoms. The fourth-order valence-electron chi connectivity index (χ4n) is 1.83. The minimum absolute atomic E-state index is 0.0176. The Bertz CT molecular complexity index is 328. The molecule has 0 atom stereocenters. The summed E-state index contributed by atoms with van der Waals surface area (Å²) in [6, 6.07) is 0. The van der Waals surface area contributed by atoms with Gasteiger partial charge in [0.15, 0.2) is 0 Å². The zero-order valence-corrected chi connectivity index (χ0v) is 12.3. The van der Waals surface area contributed by atoms with Crippen LogP contribution in [0, 0.1) is 0 Å². The van der Waals surface area contributed by atoms with Crippen LogP contribution in [0.25, 0.3) is 0 Å². The summed E-state index contributed by atoms with van der Waals surface area (Å²) in [5, 5.41) is 0. The molecule has 0 saturated heterocycles. The molecule has 0 saturated carbocycles. The third-order valence-electron chi connectivity index (χ3n) is 2.84. The summed E-state index contributed by atoms with van der Waals surface area (Å²) in [6.45, 7) is -0.0176. The average molecular weight is 320 g/mol. The summed E-state index contributed by atoms with van der Waals surface area (Å²) in [4.78, 5) is 0. The van der Waals surface area contributed by atoms with Gasteiger partial charge >= 0.3 is 16.6 Å². The molecule has 0 amide bonds. The lowest BCUT2D eigenvalue weighted by molar-refractivity contribution is -0.135. The lowest BCUT2D eigenvalue weighted by atomic mass is 10.1. The molecular formula is C12H23F3O4S. The van der Waals surface area contributed by atoms with Crippen molar-refractivity contribution in [2.24, 2.45) is 0 Å². The lowest BCUT2D eigenvalue weighted by Crippen LogP contribution is -2.06. The molecule has 0 aromatic carbocycles. The Balaban J connectivity index is 3.14. The molecule has 8 heteroatoms. The Hall–Kier alpha value is -0.340. The van der Waals surface area contributed by atoms with E-state index in [4.69, 9.17) is 4.55 Å². The first kappa shape index (κ1) is 19.7. The van der Waals surface area contributed by atoms with Crippen LogP contribution >= 0.6 is 0 Å². The Kier molecular flexibility index (Phi) is 10.2. The van der Waals surface area contributed by atoms with E-state index in [1.807, 2.05) is 0 Å². The van der Waals surface area contributed by atoms with Gasteiger partial charge in [0, 0.05) is 6.42 Å². The van der Waals surface area contributed by atoms with Crippen molar-refractivity contribution in [3.63, 3.8) is 0 Å². The number of alkyl halides is 3. The van der Waals surface area contributed by atoms with Crippen molar-refractivity contribution in [3.05, 3.63) is 0 Å². The minimum atomic E-state index is -4.32. The smallest absolute Gasteiger partial charge is 0.264 e. The van der Waals surface area contributed by atoms with E-state index < -0.39 is 23.0 Å². The molecule has 0 spiro atoms. The predicted molar refractivity (Wildman–Crippen MR) is 69.7 cm³/mol. The van der Waals surface area contributed by atoms with E-state index in [1.54, 1.807) is 0 Å². The Morgan fingerprint density at radius 2 is 1.20 bits per heavy atom. The number of hydrogen-bond donors (Lipinski definition) is 1. The predicted octanol–water partition coefficient (Wildman–Crippen LogP) is 4.27. The van der Waals surface area contributed by atoms with Crippen molar-refractivity contribution >= 4 is 10.4 Å². The topological polar surface area (TPSA) is 63.6 Å².